The minimum Gasteiger partial charge on any atom is -0.381 e. The first kappa shape index (κ1) is 30.6. The minimum atomic E-state index is -0.260. The maximum Gasteiger partial charge on any atom is 0.274 e. The van der Waals surface area contributed by atoms with Crippen LogP contribution >= 0.6 is 0 Å². The molecule has 10 heteroatoms. The predicted octanol–water partition coefficient (Wildman–Crippen LogP) is 5.24. The molecule has 0 bridgehead atoms. The number of fused-ring (bicyclic) bond motifs is 2. The number of rotatable bonds is 8. The highest BCUT2D eigenvalue weighted by molar-refractivity contribution is 6.03. The third kappa shape index (κ3) is 6.53. The van der Waals surface area contributed by atoms with Gasteiger partial charge in [0.05, 0.1) is 12.3 Å². The van der Waals surface area contributed by atoms with Crippen LogP contribution in [0.25, 0.3) is 22.3 Å². The highest BCUT2D eigenvalue weighted by Gasteiger charge is 2.58. The molecular formula is C35H41N7O3. The zero-order valence-corrected chi connectivity index (χ0v) is 26.0. The Morgan fingerprint density at radius 2 is 2.00 bits per heavy atom. The highest BCUT2D eigenvalue weighted by atomic mass is 16.5. The zero-order valence-electron chi connectivity index (χ0n) is 26.0. The van der Waals surface area contributed by atoms with E-state index < -0.39 is 0 Å². The Morgan fingerprint density at radius 1 is 1.16 bits per heavy atom. The highest BCUT2D eigenvalue weighted by Crippen LogP contribution is 2.59. The van der Waals surface area contributed by atoms with E-state index in [1.165, 1.54) is 6.08 Å². The summed E-state index contributed by atoms with van der Waals surface area (Å²) in [5.74, 6) is 0.142. The van der Waals surface area contributed by atoms with Gasteiger partial charge >= 0.3 is 0 Å². The zero-order chi connectivity index (χ0) is 31.4. The van der Waals surface area contributed by atoms with Crippen molar-refractivity contribution in [2.75, 3.05) is 31.6 Å². The molecule has 2 saturated heterocycles. The number of piperidine rings is 1. The third-order valence-corrected chi connectivity index (χ3v) is 9.10. The average Bonchev–Trinajstić information content (AvgIpc) is 3.67. The fourth-order valence-corrected chi connectivity index (χ4v) is 6.75. The van der Waals surface area contributed by atoms with E-state index in [0.29, 0.717) is 23.8 Å². The smallest absolute Gasteiger partial charge is 0.274 e. The van der Waals surface area contributed by atoms with Gasteiger partial charge in [-0.2, -0.15) is 0 Å². The first-order chi connectivity index (χ1) is 22.0. The van der Waals surface area contributed by atoms with Gasteiger partial charge in [0, 0.05) is 54.1 Å². The maximum atomic E-state index is 13.1. The van der Waals surface area contributed by atoms with E-state index in [1.807, 2.05) is 50.2 Å². The molecule has 5 heterocycles. The summed E-state index contributed by atoms with van der Waals surface area (Å²) in [5, 5.41) is 7.05. The Hall–Kier alpha value is -4.41. The molecule has 45 heavy (non-hydrogen) atoms. The maximum absolute atomic E-state index is 13.1. The number of nitrogens with zero attached hydrogens (tertiary/aromatic N) is 4. The van der Waals surface area contributed by atoms with Gasteiger partial charge in [0.2, 0.25) is 5.91 Å². The quantitative estimate of drug-likeness (QED) is 0.234. The lowest BCUT2D eigenvalue weighted by Gasteiger charge is -2.33. The summed E-state index contributed by atoms with van der Waals surface area (Å²) in [6, 6.07) is 13.8. The van der Waals surface area contributed by atoms with Crippen LogP contribution in [-0.4, -0.2) is 69.0 Å². The molecule has 0 spiro atoms. The van der Waals surface area contributed by atoms with Gasteiger partial charge in [-0.1, -0.05) is 32.6 Å². The predicted molar refractivity (Wildman–Crippen MR) is 175 cm³/mol. The minimum absolute atomic E-state index is 0.100. The van der Waals surface area contributed by atoms with Crippen LogP contribution in [0.2, 0.25) is 0 Å². The van der Waals surface area contributed by atoms with E-state index in [4.69, 9.17) is 9.72 Å². The molecular weight excluding hydrogens is 566 g/mol. The molecule has 0 radical (unpaired) electrons. The fourth-order valence-electron chi connectivity index (χ4n) is 6.75. The van der Waals surface area contributed by atoms with E-state index in [2.05, 4.69) is 43.1 Å². The van der Waals surface area contributed by atoms with E-state index in [-0.39, 0.29) is 23.3 Å². The van der Waals surface area contributed by atoms with Crippen molar-refractivity contribution in [3.8, 4) is 11.3 Å². The number of pyridine rings is 1. The van der Waals surface area contributed by atoms with Crippen LogP contribution in [0.1, 0.15) is 61.3 Å². The number of aromatic amines is 1. The van der Waals surface area contributed by atoms with Crippen LogP contribution in [0.5, 0.6) is 0 Å². The standard InChI is InChI=1S/C33H35N7O3.C2H6/c1-2-29(41)37-25-4-3-12-40(18-25)17-21-9-11-34-28(14-21)32(42)38-24-7-5-22(6-8-24)27-15-26-30(35-20-36-31(26)39-27)33-10-13-43-19-23(33)16-33;1-2/h2,5-9,11,14-15,20,23,25H,1,3-4,10,12-13,16-19H2,(H,37,41)(H,38,42)(H,35,36,39);1-2H3. The molecule has 7 rings (SSSR count). The molecule has 3 fully saturated rings. The molecule has 3 aromatic heterocycles. The lowest BCUT2D eigenvalue weighted by molar-refractivity contribution is -0.117. The number of aromatic nitrogens is 4. The van der Waals surface area contributed by atoms with Crippen molar-refractivity contribution in [3.63, 3.8) is 0 Å². The number of amides is 2. The number of anilines is 1. The van der Waals surface area contributed by atoms with Gasteiger partial charge in [-0.05, 0) is 85.7 Å². The largest absolute Gasteiger partial charge is 0.381 e. The van der Waals surface area contributed by atoms with Gasteiger partial charge < -0.3 is 20.4 Å². The number of carbonyl (C=O) groups excluding carboxylic acids is 2. The molecule has 1 aromatic carbocycles. The summed E-state index contributed by atoms with van der Waals surface area (Å²) in [6.07, 6.45) is 8.72. The van der Waals surface area contributed by atoms with Crippen molar-refractivity contribution < 1.29 is 14.3 Å². The molecule has 3 unspecified atom stereocenters. The molecule has 10 nitrogen and oxygen atoms in total. The van der Waals surface area contributed by atoms with Crippen LogP contribution in [0.15, 0.2) is 67.6 Å². The van der Waals surface area contributed by atoms with Gasteiger partial charge in [0.15, 0.2) is 0 Å². The molecule has 4 aromatic rings. The SMILES string of the molecule is C=CC(=O)NC1CCCN(Cc2ccnc(C(=O)Nc3ccc(-c4cc5c(C67CCOCC6C7)ncnc5[nH]4)cc3)c2)C1.CC. The van der Waals surface area contributed by atoms with Crippen molar-refractivity contribution in [1.29, 1.82) is 0 Å². The van der Waals surface area contributed by atoms with Crippen molar-refractivity contribution in [2.24, 2.45) is 5.92 Å². The molecule has 2 aliphatic heterocycles. The van der Waals surface area contributed by atoms with E-state index in [1.54, 1.807) is 12.5 Å². The van der Waals surface area contributed by atoms with Crippen molar-refractivity contribution in [3.05, 3.63) is 84.6 Å². The topological polar surface area (TPSA) is 125 Å². The number of hydrogen-bond donors (Lipinski definition) is 3. The van der Waals surface area contributed by atoms with Crippen LogP contribution in [-0.2, 0) is 21.5 Å². The Morgan fingerprint density at radius 3 is 2.80 bits per heavy atom. The number of ether oxygens (including phenoxy) is 1. The monoisotopic (exact) mass is 607 g/mol. The van der Waals surface area contributed by atoms with Gasteiger partial charge in [-0.25, -0.2) is 9.97 Å². The lowest BCUT2D eigenvalue weighted by atomic mass is 9.91. The second kappa shape index (κ2) is 13.3. The molecule has 2 amide bonds. The van der Waals surface area contributed by atoms with Crippen molar-refractivity contribution >= 4 is 28.5 Å². The van der Waals surface area contributed by atoms with Gasteiger partial charge in [-0.3, -0.25) is 19.5 Å². The van der Waals surface area contributed by atoms with E-state index >= 15 is 0 Å². The third-order valence-electron chi connectivity index (χ3n) is 9.10. The Labute approximate surface area is 263 Å². The number of nitrogens with one attached hydrogen (secondary N) is 3. The van der Waals surface area contributed by atoms with Crippen molar-refractivity contribution in [2.45, 2.75) is 57.5 Å². The van der Waals surface area contributed by atoms with Crippen molar-refractivity contribution in [1.82, 2.24) is 30.2 Å². The van der Waals surface area contributed by atoms with Crippen LogP contribution < -0.4 is 10.6 Å². The molecule has 3 aliphatic rings. The van der Waals surface area contributed by atoms with Gasteiger partial charge in [0.25, 0.3) is 5.91 Å². The molecule has 3 atom stereocenters. The first-order valence-electron chi connectivity index (χ1n) is 15.9. The Bertz CT molecular complexity index is 1680. The normalized spacial score (nSPS) is 22.4. The number of carbonyl (C=O) groups is 2. The van der Waals surface area contributed by atoms with E-state index in [0.717, 1.165) is 85.5 Å². The average molecular weight is 608 g/mol. The number of likely N-dealkylation sites (tertiary alicyclic amines) is 1. The van der Waals surface area contributed by atoms with Crippen LogP contribution in [0.3, 0.4) is 0 Å². The summed E-state index contributed by atoms with van der Waals surface area (Å²) in [7, 11) is 0. The molecule has 1 aliphatic carbocycles. The van der Waals surface area contributed by atoms with Gasteiger partial charge in [-0.15, -0.1) is 0 Å². The molecule has 3 N–H and O–H groups in total. The van der Waals surface area contributed by atoms with Crippen LogP contribution in [0.4, 0.5) is 5.69 Å². The molecule has 1 saturated carbocycles. The van der Waals surface area contributed by atoms with Crippen LogP contribution in [0, 0.1) is 5.92 Å². The number of benzene rings is 1. The number of hydrogen-bond acceptors (Lipinski definition) is 7. The number of H-pyrrole nitrogens is 1. The second-order valence-electron chi connectivity index (χ2n) is 11.9. The van der Waals surface area contributed by atoms with E-state index in [9.17, 15) is 9.59 Å². The summed E-state index contributed by atoms with van der Waals surface area (Å²) >= 11 is 0. The summed E-state index contributed by atoms with van der Waals surface area (Å²) in [5.41, 5.74) is 6.13. The second-order valence-corrected chi connectivity index (χ2v) is 11.9. The Kier molecular flexibility index (Phi) is 9.04. The van der Waals surface area contributed by atoms with Gasteiger partial charge in [0.1, 0.15) is 17.7 Å². The summed E-state index contributed by atoms with van der Waals surface area (Å²) in [6.45, 7) is 11.5. The fraction of sp³-hybridized carbons (Fsp3) is 0.400. The lowest BCUT2D eigenvalue weighted by Crippen LogP contribution is -2.46. The summed E-state index contributed by atoms with van der Waals surface area (Å²) < 4.78 is 5.68. The molecule has 234 valence electrons. The summed E-state index contributed by atoms with van der Waals surface area (Å²) in [4.78, 5) is 44.1. The Balaban J connectivity index is 0.00000175. The first-order valence-corrected chi connectivity index (χ1v) is 15.9.